The van der Waals surface area contributed by atoms with Crippen molar-refractivity contribution in [3.05, 3.63) is 42.5 Å². The highest BCUT2D eigenvalue weighted by molar-refractivity contribution is 5.88. The third-order valence-corrected chi connectivity index (χ3v) is 2.07. The Morgan fingerprint density at radius 1 is 1.00 bits per heavy atom. The molecule has 0 amide bonds. The van der Waals surface area contributed by atoms with Gasteiger partial charge in [-0.25, -0.2) is 5.11 Å². The Balaban J connectivity index is 2.26. The van der Waals surface area contributed by atoms with Crippen molar-refractivity contribution in [2.45, 2.75) is 0 Å². The van der Waals surface area contributed by atoms with Gasteiger partial charge in [0.25, 0.3) is 0 Å². The smallest absolute Gasteiger partial charge is 0.173 e. The van der Waals surface area contributed by atoms with E-state index in [0.717, 1.165) is 10.8 Å². The van der Waals surface area contributed by atoms with E-state index >= 15 is 0 Å². The summed E-state index contributed by atoms with van der Waals surface area (Å²) in [6.07, 6.45) is 0. The maximum atomic E-state index is 10.2. The van der Waals surface area contributed by atoms with Crippen LogP contribution in [0.1, 0.15) is 0 Å². The zero-order chi connectivity index (χ0) is 10.5. The third kappa shape index (κ3) is 2.26. The van der Waals surface area contributed by atoms with E-state index in [1.807, 2.05) is 42.5 Å². The molecule has 0 spiro atoms. The van der Waals surface area contributed by atoms with Gasteiger partial charge in [0.1, 0.15) is 13.2 Å². The molecule has 0 N–H and O–H groups in total. The first-order chi connectivity index (χ1) is 7.42. The summed E-state index contributed by atoms with van der Waals surface area (Å²) in [4.78, 5) is 9.82. The summed E-state index contributed by atoms with van der Waals surface area (Å²) in [6.45, 7) is -0.242. The Hall–Kier alpha value is -1.58. The topological polar surface area (TPSA) is 38.4 Å². The van der Waals surface area contributed by atoms with Gasteiger partial charge in [-0.15, -0.1) is 0 Å². The van der Waals surface area contributed by atoms with Gasteiger partial charge in [0.05, 0.1) is 0 Å². The van der Waals surface area contributed by atoms with Crippen molar-refractivity contribution >= 4 is 10.8 Å². The molecule has 2 rings (SSSR count). The van der Waals surface area contributed by atoms with E-state index in [4.69, 9.17) is 9.78 Å². The average molecular weight is 203 g/mol. The van der Waals surface area contributed by atoms with Crippen LogP contribution in [0.4, 0.5) is 0 Å². The molecule has 3 nitrogen and oxygen atoms in total. The molecule has 2 aromatic carbocycles. The minimum Gasteiger partial charge on any atom is -0.337 e. The summed E-state index contributed by atoms with van der Waals surface area (Å²) in [7, 11) is 0. The lowest BCUT2D eigenvalue weighted by atomic mass is 10.1. The molecule has 0 atom stereocenters. The lowest BCUT2D eigenvalue weighted by molar-refractivity contribution is -0.214. The minimum absolute atomic E-state index is 0.0588. The molecule has 0 bridgehead atoms. The van der Waals surface area contributed by atoms with Crippen LogP contribution in [0.25, 0.3) is 10.8 Å². The van der Waals surface area contributed by atoms with Gasteiger partial charge in [0.15, 0.2) is 5.75 Å². The van der Waals surface area contributed by atoms with Crippen LogP contribution in [-0.4, -0.2) is 13.2 Å². The first-order valence-corrected chi connectivity index (χ1v) is 4.77. The van der Waals surface area contributed by atoms with Crippen LogP contribution in [0.2, 0.25) is 0 Å². The van der Waals surface area contributed by atoms with E-state index in [2.05, 4.69) is 0 Å². The van der Waals surface area contributed by atoms with Crippen molar-refractivity contribution in [3.8, 4) is 5.75 Å². The van der Waals surface area contributed by atoms with E-state index in [9.17, 15) is 5.11 Å². The highest BCUT2D eigenvalue weighted by Gasteiger charge is 2.01. The molecule has 0 aliphatic carbocycles. The molecule has 0 aliphatic rings. The molecule has 3 heteroatoms. The molecule has 2 aromatic rings. The predicted molar refractivity (Wildman–Crippen MR) is 56.1 cm³/mol. The fraction of sp³-hybridized carbons (Fsp3) is 0.167. The number of fused-ring (bicyclic) bond motifs is 1. The predicted octanol–water partition coefficient (Wildman–Crippen LogP) is 2.58. The second kappa shape index (κ2) is 4.77. The molecular weight excluding hydrogens is 192 g/mol. The molecule has 0 fully saturated rings. The summed E-state index contributed by atoms with van der Waals surface area (Å²) in [5.41, 5.74) is 0. The molecule has 0 unspecified atom stereocenters. The average Bonchev–Trinajstić information content (AvgIpc) is 2.30. The summed E-state index contributed by atoms with van der Waals surface area (Å²) >= 11 is 0. The number of benzene rings is 2. The molecular formula is C12H11O3. The summed E-state index contributed by atoms with van der Waals surface area (Å²) in [5.74, 6) is 0.640. The van der Waals surface area contributed by atoms with Gasteiger partial charge in [0, 0.05) is 5.39 Å². The molecule has 1 radical (unpaired) electrons. The molecule has 0 saturated heterocycles. The van der Waals surface area contributed by atoms with Crippen molar-refractivity contribution in [1.29, 1.82) is 0 Å². The van der Waals surface area contributed by atoms with Gasteiger partial charge in [-0.05, 0) is 11.5 Å². The maximum absolute atomic E-state index is 10.2. The second-order valence-corrected chi connectivity index (χ2v) is 3.09. The molecule has 0 heterocycles. The van der Waals surface area contributed by atoms with Crippen LogP contribution >= 0.6 is 0 Å². The molecule has 77 valence electrons. The zero-order valence-corrected chi connectivity index (χ0v) is 8.18. The van der Waals surface area contributed by atoms with Crippen LogP contribution in [0.15, 0.2) is 42.5 Å². The molecule has 0 saturated carbocycles. The third-order valence-electron chi connectivity index (χ3n) is 2.07. The quantitative estimate of drug-likeness (QED) is 0.435. The van der Waals surface area contributed by atoms with Crippen LogP contribution in [-0.2, 0) is 9.99 Å². The Kier molecular flexibility index (Phi) is 3.17. The van der Waals surface area contributed by atoms with Gasteiger partial charge in [-0.1, -0.05) is 36.4 Å². The highest BCUT2D eigenvalue weighted by atomic mass is 17.2. The highest BCUT2D eigenvalue weighted by Crippen LogP contribution is 2.25. The van der Waals surface area contributed by atoms with E-state index in [1.54, 1.807) is 0 Å². The van der Waals surface area contributed by atoms with Crippen molar-refractivity contribution in [1.82, 2.24) is 0 Å². The minimum atomic E-state index is -0.301. The zero-order valence-electron chi connectivity index (χ0n) is 8.18. The van der Waals surface area contributed by atoms with Crippen molar-refractivity contribution in [2.24, 2.45) is 0 Å². The van der Waals surface area contributed by atoms with Gasteiger partial charge in [-0.2, -0.15) is 4.89 Å². The summed E-state index contributed by atoms with van der Waals surface area (Å²) < 4.78 is 0. The monoisotopic (exact) mass is 203 g/mol. The fourth-order valence-electron chi connectivity index (χ4n) is 1.41. The van der Waals surface area contributed by atoms with Crippen molar-refractivity contribution in [3.63, 3.8) is 0 Å². The fourth-order valence-corrected chi connectivity index (χ4v) is 1.41. The van der Waals surface area contributed by atoms with Crippen LogP contribution in [0.5, 0.6) is 5.75 Å². The lowest BCUT2D eigenvalue weighted by Gasteiger charge is -2.06. The molecule has 0 aliphatic heterocycles. The lowest BCUT2D eigenvalue weighted by Crippen LogP contribution is -2.02. The largest absolute Gasteiger partial charge is 0.337 e. The van der Waals surface area contributed by atoms with Gasteiger partial charge >= 0.3 is 0 Å². The molecule has 0 aromatic heterocycles. The van der Waals surface area contributed by atoms with Gasteiger partial charge in [-0.3, -0.25) is 0 Å². The standard InChI is InChI=1S/C12H11O3/c13-8-9-14-15-12-7-3-5-10-4-1-2-6-11(10)12/h1-7H,8-9H2. The number of hydrogen-bond acceptors (Lipinski definition) is 2. The van der Waals surface area contributed by atoms with Crippen LogP contribution < -0.4 is 4.89 Å². The SMILES string of the molecule is [O]CCOOc1cccc2ccccc12. The van der Waals surface area contributed by atoms with E-state index in [1.165, 1.54) is 0 Å². The summed E-state index contributed by atoms with van der Waals surface area (Å²) in [5, 5.41) is 12.2. The normalized spacial score (nSPS) is 10.5. The first-order valence-electron chi connectivity index (χ1n) is 4.77. The van der Waals surface area contributed by atoms with Gasteiger partial charge < -0.3 is 4.89 Å². The van der Waals surface area contributed by atoms with E-state index in [0.29, 0.717) is 5.75 Å². The second-order valence-electron chi connectivity index (χ2n) is 3.09. The first kappa shape index (κ1) is 9.96. The number of rotatable bonds is 4. The maximum Gasteiger partial charge on any atom is 0.173 e. The Morgan fingerprint density at radius 3 is 2.67 bits per heavy atom. The van der Waals surface area contributed by atoms with Crippen molar-refractivity contribution in [2.75, 3.05) is 13.2 Å². The van der Waals surface area contributed by atoms with Gasteiger partial charge in [0.2, 0.25) is 0 Å². The Labute approximate surface area is 87.8 Å². The van der Waals surface area contributed by atoms with Crippen molar-refractivity contribution < 1.29 is 14.9 Å². The van der Waals surface area contributed by atoms with Crippen LogP contribution in [0.3, 0.4) is 0 Å². The van der Waals surface area contributed by atoms with E-state index < -0.39 is 0 Å². The van der Waals surface area contributed by atoms with Crippen LogP contribution in [0, 0.1) is 0 Å². The van der Waals surface area contributed by atoms with E-state index in [-0.39, 0.29) is 13.2 Å². The Bertz CT molecular complexity index is 434. The Morgan fingerprint density at radius 2 is 1.80 bits per heavy atom. The number of hydrogen-bond donors (Lipinski definition) is 0. The summed E-state index contributed by atoms with van der Waals surface area (Å²) in [6, 6.07) is 13.5. The molecule has 15 heavy (non-hydrogen) atoms.